The normalized spacial score (nSPS) is 10.6. The van der Waals surface area contributed by atoms with Gasteiger partial charge in [0.15, 0.2) is 5.78 Å². The average Bonchev–Trinajstić information content (AvgIpc) is 2.22. The number of carbonyl (C=O) groups excluding carboxylic acids is 1. The molecule has 0 aliphatic carbocycles. The molecule has 0 radical (unpaired) electrons. The third-order valence-corrected chi connectivity index (χ3v) is 3.12. The molecule has 0 bridgehead atoms. The minimum absolute atomic E-state index is 0.00463. The molecule has 0 N–H and O–H groups in total. The first kappa shape index (κ1) is 13.6. The van der Waals surface area contributed by atoms with Crippen LogP contribution in [0.25, 0.3) is 0 Å². The molecule has 0 unspecified atom stereocenters. The molecule has 0 amide bonds. The highest BCUT2D eigenvalue weighted by Crippen LogP contribution is 2.26. The Labute approximate surface area is 110 Å². The van der Waals surface area contributed by atoms with Crippen LogP contribution in [0.4, 0.5) is 8.78 Å². The summed E-state index contributed by atoms with van der Waals surface area (Å²) in [7, 11) is 0. The van der Waals surface area contributed by atoms with Gasteiger partial charge in [-0.1, -0.05) is 6.07 Å². The van der Waals surface area contributed by atoms with E-state index in [-0.39, 0.29) is 23.8 Å². The monoisotopic (exact) mass is 360 g/mol. The van der Waals surface area contributed by atoms with Gasteiger partial charge in [-0.05, 0) is 34.7 Å². The number of hydrogen-bond acceptors (Lipinski definition) is 2. The molecule has 0 saturated heterocycles. The Morgan fingerprint density at radius 1 is 1.50 bits per heavy atom. The molecule has 16 heavy (non-hydrogen) atoms. The van der Waals surface area contributed by atoms with Crippen molar-refractivity contribution in [2.24, 2.45) is 0 Å². The molecule has 1 aromatic rings. The summed E-state index contributed by atoms with van der Waals surface area (Å²) in [6.45, 7) is -2.90. The van der Waals surface area contributed by atoms with Gasteiger partial charge in [0.2, 0.25) is 0 Å². The molecule has 0 heterocycles. The predicted molar refractivity (Wildman–Crippen MR) is 65.2 cm³/mol. The van der Waals surface area contributed by atoms with Crippen LogP contribution in [0.1, 0.15) is 5.56 Å². The van der Waals surface area contributed by atoms with Gasteiger partial charge in [0.25, 0.3) is 0 Å². The van der Waals surface area contributed by atoms with E-state index in [1.165, 1.54) is 6.07 Å². The second kappa shape index (κ2) is 6.34. The Hall–Kier alpha value is -0.430. The number of ketones is 1. The fraction of sp³-hybridized carbons (Fsp3) is 0.300. The molecule has 88 valence electrons. The molecule has 0 aliphatic rings. The van der Waals surface area contributed by atoms with E-state index >= 15 is 0 Å². The van der Waals surface area contributed by atoms with Crippen molar-refractivity contribution in [3.63, 3.8) is 0 Å². The first-order valence-electron chi connectivity index (χ1n) is 4.34. The van der Waals surface area contributed by atoms with Crippen molar-refractivity contribution in [2.75, 3.05) is 5.88 Å². The lowest BCUT2D eigenvalue weighted by Gasteiger charge is -2.11. The van der Waals surface area contributed by atoms with Gasteiger partial charge in [0.1, 0.15) is 5.75 Å². The maximum Gasteiger partial charge on any atom is 0.387 e. The molecular weight excluding hydrogens is 352 g/mol. The Kier molecular flexibility index (Phi) is 5.40. The van der Waals surface area contributed by atoms with Gasteiger partial charge >= 0.3 is 6.61 Å². The number of ether oxygens (including phenoxy) is 1. The Balaban J connectivity index is 2.98. The number of alkyl halides is 3. The van der Waals surface area contributed by atoms with Crippen molar-refractivity contribution in [2.45, 2.75) is 13.0 Å². The first-order chi connectivity index (χ1) is 7.54. The molecular formula is C10H8ClF2IO2. The van der Waals surface area contributed by atoms with Gasteiger partial charge in [0, 0.05) is 15.6 Å². The van der Waals surface area contributed by atoms with Gasteiger partial charge < -0.3 is 4.74 Å². The largest absolute Gasteiger partial charge is 0.434 e. The lowest BCUT2D eigenvalue weighted by Crippen LogP contribution is -2.10. The van der Waals surface area contributed by atoms with Gasteiger partial charge in [-0.2, -0.15) is 8.78 Å². The van der Waals surface area contributed by atoms with Crippen LogP contribution >= 0.6 is 34.2 Å². The molecule has 1 rings (SSSR count). The minimum atomic E-state index is -2.90. The number of halogens is 4. The number of benzene rings is 1. The summed E-state index contributed by atoms with van der Waals surface area (Å²) < 4.78 is 29.3. The van der Waals surface area contributed by atoms with Crippen molar-refractivity contribution >= 4 is 40.0 Å². The summed E-state index contributed by atoms with van der Waals surface area (Å²) >= 11 is 7.33. The van der Waals surface area contributed by atoms with Crippen molar-refractivity contribution in [3.8, 4) is 5.75 Å². The first-order valence-corrected chi connectivity index (χ1v) is 5.95. The topological polar surface area (TPSA) is 26.3 Å². The molecule has 0 fully saturated rings. The maximum absolute atomic E-state index is 12.1. The SMILES string of the molecule is O=C(CCl)Cc1c(I)cccc1OC(F)F. The van der Waals surface area contributed by atoms with Gasteiger partial charge in [-0.3, -0.25) is 4.79 Å². The Morgan fingerprint density at radius 3 is 2.75 bits per heavy atom. The highest BCUT2D eigenvalue weighted by atomic mass is 127. The van der Waals surface area contributed by atoms with Crippen LogP contribution < -0.4 is 4.74 Å². The van der Waals surface area contributed by atoms with Gasteiger partial charge in [-0.15, -0.1) is 11.6 Å². The van der Waals surface area contributed by atoms with Crippen molar-refractivity contribution < 1.29 is 18.3 Å². The van der Waals surface area contributed by atoms with Crippen LogP contribution in [0, 0.1) is 3.57 Å². The maximum atomic E-state index is 12.1. The predicted octanol–water partition coefficient (Wildman–Crippen LogP) is 3.24. The summed E-state index contributed by atoms with van der Waals surface area (Å²) in [5.41, 5.74) is 0.453. The van der Waals surface area contributed by atoms with E-state index < -0.39 is 6.61 Å². The van der Waals surface area contributed by atoms with E-state index in [1.54, 1.807) is 12.1 Å². The van der Waals surface area contributed by atoms with Crippen molar-refractivity contribution in [3.05, 3.63) is 27.3 Å². The lowest BCUT2D eigenvalue weighted by atomic mass is 10.1. The lowest BCUT2D eigenvalue weighted by molar-refractivity contribution is -0.116. The highest BCUT2D eigenvalue weighted by Gasteiger charge is 2.14. The quantitative estimate of drug-likeness (QED) is 0.595. The fourth-order valence-corrected chi connectivity index (χ4v) is 1.92. The van der Waals surface area contributed by atoms with E-state index in [0.717, 1.165) is 0 Å². The molecule has 0 aromatic heterocycles. The molecule has 6 heteroatoms. The van der Waals surface area contributed by atoms with E-state index in [2.05, 4.69) is 4.74 Å². The number of rotatable bonds is 5. The Morgan fingerprint density at radius 2 is 2.19 bits per heavy atom. The van der Waals surface area contributed by atoms with Gasteiger partial charge in [0.05, 0.1) is 5.88 Å². The number of carbonyl (C=O) groups is 1. The van der Waals surface area contributed by atoms with Crippen LogP contribution in [0.2, 0.25) is 0 Å². The zero-order valence-electron chi connectivity index (χ0n) is 8.05. The van der Waals surface area contributed by atoms with Crippen LogP contribution in [0.15, 0.2) is 18.2 Å². The van der Waals surface area contributed by atoms with E-state index in [9.17, 15) is 13.6 Å². The summed E-state index contributed by atoms with van der Waals surface area (Å²) in [4.78, 5) is 11.2. The standard InChI is InChI=1S/C10H8ClF2IO2/c11-5-6(15)4-7-8(14)2-1-3-9(7)16-10(12)13/h1-3,10H,4-5H2. The van der Waals surface area contributed by atoms with Crippen LogP contribution in [0.3, 0.4) is 0 Å². The molecule has 0 atom stereocenters. The van der Waals surface area contributed by atoms with Crippen LogP contribution in [-0.2, 0) is 11.2 Å². The second-order valence-electron chi connectivity index (χ2n) is 2.94. The summed E-state index contributed by atoms with van der Waals surface area (Å²) in [6.07, 6.45) is 0.00463. The van der Waals surface area contributed by atoms with Crippen molar-refractivity contribution in [1.82, 2.24) is 0 Å². The van der Waals surface area contributed by atoms with E-state index in [1.807, 2.05) is 22.6 Å². The molecule has 1 aromatic carbocycles. The molecule has 0 spiro atoms. The molecule has 2 nitrogen and oxygen atoms in total. The summed E-state index contributed by atoms with van der Waals surface area (Å²) in [5.74, 6) is -0.343. The Bertz CT molecular complexity index is 385. The van der Waals surface area contributed by atoms with Crippen LogP contribution in [-0.4, -0.2) is 18.3 Å². The number of Topliss-reactive ketones (excluding diaryl/α,β-unsaturated/α-hetero) is 1. The van der Waals surface area contributed by atoms with Gasteiger partial charge in [-0.25, -0.2) is 0 Å². The second-order valence-corrected chi connectivity index (χ2v) is 4.37. The highest BCUT2D eigenvalue weighted by molar-refractivity contribution is 14.1. The average molecular weight is 361 g/mol. The van der Waals surface area contributed by atoms with Crippen LogP contribution in [0.5, 0.6) is 5.75 Å². The van der Waals surface area contributed by atoms with E-state index in [4.69, 9.17) is 11.6 Å². The molecule has 0 aliphatic heterocycles. The smallest absolute Gasteiger partial charge is 0.387 e. The fourth-order valence-electron chi connectivity index (χ4n) is 1.16. The summed E-state index contributed by atoms with van der Waals surface area (Å²) in [6, 6.07) is 4.72. The number of hydrogen-bond donors (Lipinski definition) is 0. The third kappa shape index (κ3) is 3.86. The third-order valence-electron chi connectivity index (χ3n) is 1.81. The summed E-state index contributed by atoms with van der Waals surface area (Å²) in [5, 5.41) is 0. The molecule has 0 saturated carbocycles. The van der Waals surface area contributed by atoms with E-state index in [0.29, 0.717) is 9.13 Å². The zero-order chi connectivity index (χ0) is 12.1. The van der Waals surface area contributed by atoms with Crippen molar-refractivity contribution in [1.29, 1.82) is 0 Å². The zero-order valence-corrected chi connectivity index (χ0v) is 11.0. The minimum Gasteiger partial charge on any atom is -0.434 e.